The van der Waals surface area contributed by atoms with Gasteiger partial charge in [-0.3, -0.25) is 9.69 Å². The number of nitriles is 1. The molecular formula is C26H29F3N8O2. The zero-order valence-electron chi connectivity index (χ0n) is 21.8. The predicted octanol–water partition coefficient (Wildman–Crippen LogP) is 3.42. The molecule has 39 heavy (non-hydrogen) atoms. The van der Waals surface area contributed by atoms with E-state index in [1.165, 1.54) is 12.5 Å². The maximum absolute atomic E-state index is 14.0. The normalized spacial score (nSPS) is 19.0. The maximum atomic E-state index is 14.0. The fraction of sp³-hybridized carbons (Fsp3) is 0.538. The van der Waals surface area contributed by atoms with E-state index in [4.69, 9.17) is 4.74 Å². The number of aryl methyl sites for hydroxylation is 1. The highest BCUT2D eigenvalue weighted by atomic mass is 19.4. The number of carbonyl (C=O) groups is 1. The number of nitrogens with zero attached hydrogens (tertiary/aromatic N) is 8. The standard InChI is InChI=1S/C26H29F3N8O2/c1-35-8-3-4-19(35)25(38)37-9-5-16(6-10-37)7-11-39-24-18(26(27,28)29)12-17(14-31-24)21-22-23(36(2)15-32-22)34-20(13-30)33-21/h12,14-16,19H,3-11H2,1-2H3. The van der Waals surface area contributed by atoms with Crippen molar-refractivity contribution in [3.05, 3.63) is 30.0 Å². The highest BCUT2D eigenvalue weighted by Crippen LogP contribution is 2.38. The molecule has 0 aromatic carbocycles. The average molecular weight is 543 g/mol. The number of likely N-dealkylation sites (N-methyl/N-ethyl adjacent to an activating group) is 1. The van der Waals surface area contributed by atoms with Gasteiger partial charge in [0.1, 0.15) is 22.8 Å². The Morgan fingerprint density at radius 3 is 2.59 bits per heavy atom. The summed E-state index contributed by atoms with van der Waals surface area (Å²) in [6.07, 6.45) is 2.05. The monoisotopic (exact) mass is 542 g/mol. The molecule has 2 saturated heterocycles. The smallest absolute Gasteiger partial charge is 0.421 e. The van der Waals surface area contributed by atoms with Crippen LogP contribution >= 0.6 is 0 Å². The first kappa shape index (κ1) is 26.8. The van der Waals surface area contributed by atoms with Crippen molar-refractivity contribution in [3.8, 4) is 23.2 Å². The summed E-state index contributed by atoms with van der Waals surface area (Å²) >= 11 is 0. The van der Waals surface area contributed by atoms with Crippen molar-refractivity contribution in [2.75, 3.05) is 33.3 Å². The minimum Gasteiger partial charge on any atom is -0.477 e. The summed E-state index contributed by atoms with van der Waals surface area (Å²) < 4.78 is 49.1. The Kier molecular flexibility index (Phi) is 7.40. The van der Waals surface area contributed by atoms with Crippen LogP contribution in [0.5, 0.6) is 5.88 Å². The van der Waals surface area contributed by atoms with Gasteiger partial charge in [0.05, 0.1) is 19.0 Å². The number of likely N-dealkylation sites (tertiary alicyclic amines) is 2. The van der Waals surface area contributed by atoms with Crippen LogP contribution in [0.25, 0.3) is 22.4 Å². The van der Waals surface area contributed by atoms with Crippen molar-refractivity contribution in [2.24, 2.45) is 13.0 Å². The van der Waals surface area contributed by atoms with E-state index >= 15 is 0 Å². The molecule has 0 aliphatic carbocycles. The highest BCUT2D eigenvalue weighted by Gasteiger charge is 2.37. The number of piperidine rings is 1. The molecule has 13 heteroatoms. The van der Waals surface area contributed by atoms with Crippen LogP contribution in [0.2, 0.25) is 0 Å². The summed E-state index contributed by atoms with van der Waals surface area (Å²) in [4.78, 5) is 33.2. The Bertz CT molecular complexity index is 1410. The number of halogens is 3. The second kappa shape index (κ2) is 10.8. The van der Waals surface area contributed by atoms with Gasteiger partial charge in [0.15, 0.2) is 5.65 Å². The van der Waals surface area contributed by atoms with Crippen LogP contribution in [-0.4, -0.2) is 79.5 Å². The van der Waals surface area contributed by atoms with Crippen LogP contribution in [0.1, 0.15) is 43.5 Å². The van der Waals surface area contributed by atoms with E-state index in [0.29, 0.717) is 25.2 Å². The second-order valence-electron chi connectivity index (χ2n) is 10.2. The Morgan fingerprint density at radius 1 is 1.15 bits per heavy atom. The van der Waals surface area contributed by atoms with Crippen LogP contribution in [-0.2, 0) is 18.0 Å². The largest absolute Gasteiger partial charge is 0.477 e. The van der Waals surface area contributed by atoms with Crippen LogP contribution in [0.4, 0.5) is 13.2 Å². The van der Waals surface area contributed by atoms with Gasteiger partial charge in [-0.1, -0.05) is 0 Å². The lowest BCUT2D eigenvalue weighted by atomic mass is 9.93. The summed E-state index contributed by atoms with van der Waals surface area (Å²) in [6.45, 7) is 2.32. The number of amides is 1. The molecule has 5 heterocycles. The van der Waals surface area contributed by atoms with E-state index < -0.39 is 17.6 Å². The first-order valence-electron chi connectivity index (χ1n) is 12.9. The Labute approximate surface area is 223 Å². The number of alkyl halides is 3. The summed E-state index contributed by atoms with van der Waals surface area (Å²) in [7, 11) is 3.64. The predicted molar refractivity (Wildman–Crippen MR) is 134 cm³/mol. The zero-order chi connectivity index (χ0) is 27.7. The Morgan fingerprint density at radius 2 is 1.92 bits per heavy atom. The third-order valence-corrected chi connectivity index (χ3v) is 7.59. The molecule has 1 amide bonds. The van der Waals surface area contributed by atoms with Crippen molar-refractivity contribution >= 4 is 17.1 Å². The van der Waals surface area contributed by atoms with E-state index in [2.05, 4.69) is 24.8 Å². The number of pyridine rings is 1. The molecule has 1 atom stereocenters. The fourth-order valence-electron chi connectivity index (χ4n) is 5.36. The molecular weight excluding hydrogens is 513 g/mol. The molecule has 0 spiro atoms. The van der Waals surface area contributed by atoms with E-state index in [0.717, 1.165) is 38.3 Å². The van der Waals surface area contributed by atoms with Gasteiger partial charge in [0.25, 0.3) is 0 Å². The third kappa shape index (κ3) is 5.52. The number of hydrogen-bond acceptors (Lipinski definition) is 8. The van der Waals surface area contributed by atoms with Crippen molar-refractivity contribution in [1.29, 1.82) is 5.26 Å². The van der Waals surface area contributed by atoms with Crippen molar-refractivity contribution in [1.82, 2.24) is 34.3 Å². The molecule has 206 valence electrons. The molecule has 2 fully saturated rings. The minimum atomic E-state index is -4.72. The van der Waals surface area contributed by atoms with Crippen LogP contribution in [0.15, 0.2) is 18.6 Å². The minimum absolute atomic E-state index is 0.0395. The van der Waals surface area contributed by atoms with Crippen LogP contribution < -0.4 is 4.74 Å². The summed E-state index contributed by atoms with van der Waals surface area (Å²) in [6, 6.07) is 2.71. The van der Waals surface area contributed by atoms with Gasteiger partial charge in [-0.15, -0.1) is 0 Å². The quantitative estimate of drug-likeness (QED) is 0.466. The number of hydrogen-bond donors (Lipinski definition) is 0. The van der Waals surface area contributed by atoms with E-state index in [1.54, 1.807) is 11.6 Å². The molecule has 1 unspecified atom stereocenters. The van der Waals surface area contributed by atoms with Gasteiger partial charge in [0, 0.05) is 31.9 Å². The number of imidazole rings is 1. The molecule has 0 saturated carbocycles. The van der Waals surface area contributed by atoms with Gasteiger partial charge in [-0.05, 0) is 57.7 Å². The highest BCUT2D eigenvalue weighted by molar-refractivity contribution is 5.87. The molecule has 2 aliphatic heterocycles. The lowest BCUT2D eigenvalue weighted by molar-refractivity contribution is -0.139. The topological polar surface area (TPSA) is 113 Å². The lowest BCUT2D eigenvalue weighted by Crippen LogP contribution is -2.47. The molecule has 0 N–H and O–H groups in total. The zero-order valence-corrected chi connectivity index (χ0v) is 21.8. The van der Waals surface area contributed by atoms with Gasteiger partial charge in [-0.25, -0.2) is 15.0 Å². The Hall–Kier alpha value is -3.79. The van der Waals surface area contributed by atoms with Gasteiger partial charge < -0.3 is 14.2 Å². The number of carbonyl (C=O) groups excluding carboxylic acids is 1. The third-order valence-electron chi connectivity index (χ3n) is 7.59. The number of ether oxygens (including phenoxy) is 1. The van der Waals surface area contributed by atoms with Crippen LogP contribution in [0.3, 0.4) is 0 Å². The molecule has 0 radical (unpaired) electrons. The average Bonchev–Trinajstić information content (AvgIpc) is 3.53. The van der Waals surface area contributed by atoms with E-state index in [9.17, 15) is 23.2 Å². The van der Waals surface area contributed by atoms with Crippen molar-refractivity contribution < 1.29 is 22.7 Å². The first-order valence-corrected chi connectivity index (χ1v) is 12.9. The molecule has 5 rings (SSSR count). The molecule has 3 aromatic heterocycles. The number of fused-ring (bicyclic) bond motifs is 1. The van der Waals surface area contributed by atoms with Crippen molar-refractivity contribution in [2.45, 2.75) is 44.3 Å². The summed E-state index contributed by atoms with van der Waals surface area (Å²) in [5.41, 5.74) is -0.283. The van der Waals surface area contributed by atoms with Gasteiger partial charge >= 0.3 is 6.18 Å². The second-order valence-corrected chi connectivity index (χ2v) is 10.2. The fourth-order valence-corrected chi connectivity index (χ4v) is 5.36. The maximum Gasteiger partial charge on any atom is 0.421 e. The summed E-state index contributed by atoms with van der Waals surface area (Å²) in [5.74, 6) is -0.253. The molecule has 3 aromatic rings. The van der Waals surface area contributed by atoms with Gasteiger partial charge in [0.2, 0.25) is 17.6 Å². The van der Waals surface area contributed by atoms with Gasteiger partial charge in [-0.2, -0.15) is 23.4 Å². The number of aromatic nitrogens is 5. The van der Waals surface area contributed by atoms with E-state index in [-0.39, 0.29) is 47.1 Å². The van der Waals surface area contributed by atoms with Crippen LogP contribution in [0, 0.1) is 17.2 Å². The molecule has 0 bridgehead atoms. The number of rotatable bonds is 6. The van der Waals surface area contributed by atoms with E-state index in [1.807, 2.05) is 18.0 Å². The van der Waals surface area contributed by atoms with Crippen molar-refractivity contribution in [3.63, 3.8) is 0 Å². The molecule has 10 nitrogen and oxygen atoms in total. The first-order chi connectivity index (χ1) is 18.7. The lowest BCUT2D eigenvalue weighted by Gasteiger charge is -2.34. The molecule has 2 aliphatic rings. The summed E-state index contributed by atoms with van der Waals surface area (Å²) in [5, 5.41) is 9.29. The Balaban J connectivity index is 1.25. The SMILES string of the molecule is CN1CCCC1C(=O)N1CCC(CCOc2ncc(-c3nc(C#N)nc4c3ncn4C)cc2C(F)(F)F)CC1.